The van der Waals surface area contributed by atoms with E-state index in [9.17, 15) is 0 Å². The molecule has 70 valence electrons. The Balaban J connectivity index is 1.85. The van der Waals surface area contributed by atoms with Crippen LogP contribution in [0.3, 0.4) is 0 Å². The van der Waals surface area contributed by atoms with Crippen molar-refractivity contribution >= 4 is 0 Å². The lowest BCUT2D eigenvalue weighted by molar-refractivity contribution is 0.529. The first-order valence-corrected chi connectivity index (χ1v) is 4.74. The molecule has 1 aromatic rings. The standard InChI is InChI=1S/C12H12N2/c13-8-4-7-12-10-14(12)9-11-5-2-1-3-6-11/h1-7,12H,9-10H2/b7-4+. The lowest BCUT2D eigenvalue weighted by Gasteiger charge is -2.00. The third kappa shape index (κ3) is 2.21. The van der Waals surface area contributed by atoms with Crippen molar-refractivity contribution in [3.8, 4) is 6.07 Å². The zero-order valence-electron chi connectivity index (χ0n) is 7.93. The summed E-state index contributed by atoms with van der Waals surface area (Å²) in [5.74, 6) is 0. The Kier molecular flexibility index (Phi) is 2.62. The zero-order chi connectivity index (χ0) is 9.80. The smallest absolute Gasteiger partial charge is 0.0909 e. The van der Waals surface area contributed by atoms with Crippen molar-refractivity contribution in [2.75, 3.05) is 6.54 Å². The summed E-state index contributed by atoms with van der Waals surface area (Å²) < 4.78 is 0. The molecule has 1 saturated heterocycles. The van der Waals surface area contributed by atoms with Gasteiger partial charge in [0.15, 0.2) is 0 Å². The largest absolute Gasteiger partial charge is 0.289 e. The van der Waals surface area contributed by atoms with Gasteiger partial charge in [-0.2, -0.15) is 5.26 Å². The minimum atomic E-state index is 0.481. The molecule has 0 saturated carbocycles. The molecule has 1 aliphatic rings. The fourth-order valence-corrected chi connectivity index (χ4v) is 1.53. The molecular weight excluding hydrogens is 172 g/mol. The summed E-state index contributed by atoms with van der Waals surface area (Å²) in [6.07, 6.45) is 3.53. The maximum absolute atomic E-state index is 8.36. The normalized spacial score (nSPS) is 24.8. The van der Waals surface area contributed by atoms with Crippen molar-refractivity contribution in [1.82, 2.24) is 4.90 Å². The van der Waals surface area contributed by atoms with Gasteiger partial charge in [-0.05, 0) is 5.56 Å². The van der Waals surface area contributed by atoms with E-state index in [1.807, 2.05) is 18.2 Å². The van der Waals surface area contributed by atoms with Crippen molar-refractivity contribution in [3.05, 3.63) is 48.0 Å². The van der Waals surface area contributed by atoms with E-state index in [4.69, 9.17) is 5.26 Å². The Morgan fingerprint density at radius 1 is 1.43 bits per heavy atom. The summed E-state index contributed by atoms with van der Waals surface area (Å²) in [4.78, 5) is 2.32. The first kappa shape index (κ1) is 8.98. The van der Waals surface area contributed by atoms with E-state index in [2.05, 4.69) is 29.2 Å². The fourth-order valence-electron chi connectivity index (χ4n) is 1.53. The summed E-state index contributed by atoms with van der Waals surface area (Å²) in [5.41, 5.74) is 1.33. The van der Waals surface area contributed by atoms with Crippen LogP contribution in [0.5, 0.6) is 0 Å². The van der Waals surface area contributed by atoms with Gasteiger partial charge in [0, 0.05) is 25.2 Å². The monoisotopic (exact) mass is 184 g/mol. The number of nitrogens with zero attached hydrogens (tertiary/aromatic N) is 2. The summed E-state index contributed by atoms with van der Waals surface area (Å²) in [5, 5.41) is 8.36. The third-order valence-electron chi connectivity index (χ3n) is 2.38. The predicted molar refractivity (Wildman–Crippen MR) is 55.4 cm³/mol. The number of allylic oxidation sites excluding steroid dienone is 1. The average molecular weight is 184 g/mol. The molecule has 0 radical (unpaired) electrons. The molecular formula is C12H12N2. The summed E-state index contributed by atoms with van der Waals surface area (Å²) in [7, 11) is 0. The number of hydrogen-bond donors (Lipinski definition) is 0. The zero-order valence-corrected chi connectivity index (χ0v) is 7.93. The molecule has 2 rings (SSSR count). The van der Waals surface area contributed by atoms with Crippen LogP contribution < -0.4 is 0 Å². The maximum Gasteiger partial charge on any atom is 0.0909 e. The second-order valence-corrected chi connectivity index (χ2v) is 3.47. The van der Waals surface area contributed by atoms with Gasteiger partial charge in [0.1, 0.15) is 0 Å². The molecule has 0 bridgehead atoms. The molecule has 1 fully saturated rings. The van der Waals surface area contributed by atoms with Gasteiger partial charge in [0.25, 0.3) is 0 Å². The van der Waals surface area contributed by atoms with Crippen molar-refractivity contribution in [2.45, 2.75) is 12.6 Å². The third-order valence-corrected chi connectivity index (χ3v) is 2.38. The number of nitriles is 1. The first-order chi connectivity index (χ1) is 6.90. The number of benzene rings is 1. The average Bonchev–Trinajstić information content (AvgIpc) is 2.95. The van der Waals surface area contributed by atoms with E-state index in [0.717, 1.165) is 13.1 Å². The van der Waals surface area contributed by atoms with E-state index < -0.39 is 0 Å². The molecule has 1 heterocycles. The van der Waals surface area contributed by atoms with Crippen LogP contribution in [-0.4, -0.2) is 17.5 Å². The van der Waals surface area contributed by atoms with Gasteiger partial charge >= 0.3 is 0 Å². The van der Waals surface area contributed by atoms with Crippen LogP contribution in [0.25, 0.3) is 0 Å². The van der Waals surface area contributed by atoms with Gasteiger partial charge in [0.2, 0.25) is 0 Å². The minimum absolute atomic E-state index is 0.481. The number of hydrogen-bond acceptors (Lipinski definition) is 2. The molecule has 2 nitrogen and oxygen atoms in total. The van der Waals surface area contributed by atoms with Crippen LogP contribution in [0, 0.1) is 11.3 Å². The van der Waals surface area contributed by atoms with Crippen molar-refractivity contribution in [3.63, 3.8) is 0 Å². The SMILES string of the molecule is N#C/C=C/C1CN1Cc1ccccc1. The molecule has 0 amide bonds. The maximum atomic E-state index is 8.36. The van der Waals surface area contributed by atoms with Crippen molar-refractivity contribution in [1.29, 1.82) is 5.26 Å². The molecule has 0 aromatic heterocycles. The summed E-state index contributed by atoms with van der Waals surface area (Å²) in [6.45, 7) is 2.06. The highest BCUT2D eigenvalue weighted by Crippen LogP contribution is 2.21. The topological polar surface area (TPSA) is 26.8 Å². The molecule has 14 heavy (non-hydrogen) atoms. The molecule has 2 unspecified atom stereocenters. The highest BCUT2D eigenvalue weighted by atomic mass is 15.3. The van der Waals surface area contributed by atoms with Crippen molar-refractivity contribution in [2.24, 2.45) is 0 Å². The van der Waals surface area contributed by atoms with E-state index >= 15 is 0 Å². The van der Waals surface area contributed by atoms with Gasteiger partial charge in [-0.15, -0.1) is 0 Å². The molecule has 0 N–H and O–H groups in total. The van der Waals surface area contributed by atoms with Gasteiger partial charge in [0.05, 0.1) is 6.07 Å². The van der Waals surface area contributed by atoms with Gasteiger partial charge < -0.3 is 0 Å². The summed E-state index contributed by atoms with van der Waals surface area (Å²) in [6, 6.07) is 12.9. The molecule has 2 atom stereocenters. The Hall–Kier alpha value is -1.59. The molecule has 1 aliphatic heterocycles. The van der Waals surface area contributed by atoms with Crippen LogP contribution in [0.4, 0.5) is 0 Å². The lowest BCUT2D eigenvalue weighted by atomic mass is 10.2. The van der Waals surface area contributed by atoms with Crippen molar-refractivity contribution < 1.29 is 0 Å². The van der Waals surface area contributed by atoms with Crippen LogP contribution in [0.2, 0.25) is 0 Å². The minimum Gasteiger partial charge on any atom is -0.289 e. The first-order valence-electron chi connectivity index (χ1n) is 4.74. The highest BCUT2D eigenvalue weighted by Gasteiger charge is 2.30. The molecule has 2 heteroatoms. The second-order valence-electron chi connectivity index (χ2n) is 3.47. The fraction of sp³-hybridized carbons (Fsp3) is 0.250. The van der Waals surface area contributed by atoms with Crippen LogP contribution in [0.1, 0.15) is 5.56 Å². The molecule has 0 aliphatic carbocycles. The van der Waals surface area contributed by atoms with Crippen LogP contribution in [-0.2, 0) is 6.54 Å². The van der Waals surface area contributed by atoms with E-state index in [1.165, 1.54) is 5.56 Å². The van der Waals surface area contributed by atoms with Gasteiger partial charge in [-0.1, -0.05) is 36.4 Å². The molecule has 0 spiro atoms. The highest BCUT2D eigenvalue weighted by molar-refractivity contribution is 5.18. The van der Waals surface area contributed by atoms with Gasteiger partial charge in [-0.25, -0.2) is 0 Å². The van der Waals surface area contributed by atoms with Crippen LogP contribution in [0.15, 0.2) is 42.5 Å². The van der Waals surface area contributed by atoms with E-state index in [1.54, 1.807) is 6.08 Å². The Labute approximate surface area is 84.1 Å². The predicted octanol–water partition coefficient (Wildman–Crippen LogP) is 1.95. The summed E-state index contributed by atoms with van der Waals surface area (Å²) >= 11 is 0. The Morgan fingerprint density at radius 3 is 2.93 bits per heavy atom. The Bertz CT molecular complexity index is 362. The van der Waals surface area contributed by atoms with E-state index in [0.29, 0.717) is 6.04 Å². The lowest BCUT2D eigenvalue weighted by Crippen LogP contribution is -1.99. The van der Waals surface area contributed by atoms with Gasteiger partial charge in [-0.3, -0.25) is 4.90 Å². The Morgan fingerprint density at radius 2 is 2.21 bits per heavy atom. The quantitative estimate of drug-likeness (QED) is 0.530. The second kappa shape index (κ2) is 4.08. The van der Waals surface area contributed by atoms with E-state index in [-0.39, 0.29) is 0 Å². The van der Waals surface area contributed by atoms with Crippen LogP contribution >= 0.6 is 0 Å². The molecule has 1 aromatic carbocycles. The number of rotatable bonds is 3.